The fraction of sp³-hybridized carbons (Fsp3) is 0.391. The number of benzene rings is 1. The summed E-state index contributed by atoms with van der Waals surface area (Å²) in [7, 11) is 1.87. The molecule has 0 aliphatic rings. The molecule has 0 aliphatic heterocycles. The third kappa shape index (κ3) is 4.35. The Bertz CT molecular complexity index is 1070. The van der Waals surface area contributed by atoms with E-state index in [-0.39, 0.29) is 18.2 Å². The maximum atomic E-state index is 12.8. The van der Waals surface area contributed by atoms with Crippen molar-refractivity contribution in [2.45, 2.75) is 40.0 Å². The fourth-order valence-corrected chi connectivity index (χ4v) is 3.39. The van der Waals surface area contributed by atoms with Crippen molar-refractivity contribution in [3.63, 3.8) is 0 Å². The molecule has 2 aromatic heterocycles. The highest BCUT2D eigenvalue weighted by atomic mass is 16.5. The molecule has 3 rings (SSSR count). The number of ether oxygens (including phenoxy) is 1. The Hall–Kier alpha value is -3.22. The van der Waals surface area contributed by atoms with Crippen LogP contribution in [0, 0.1) is 6.92 Å². The van der Waals surface area contributed by atoms with Gasteiger partial charge in [-0.25, -0.2) is 9.78 Å². The van der Waals surface area contributed by atoms with Gasteiger partial charge in [0.1, 0.15) is 5.69 Å². The maximum Gasteiger partial charge on any atom is 0.340 e. The topological polar surface area (TPSA) is 86.1 Å². The number of para-hydroxylation sites is 1. The SMILES string of the molecule is CCCCCNC(=O)c1cc(-c2cnn(C)c2C)c2cccc(C(=O)OCC)c2n1. The molecule has 0 radical (unpaired) electrons. The van der Waals surface area contributed by atoms with Crippen molar-refractivity contribution < 1.29 is 14.3 Å². The van der Waals surface area contributed by atoms with E-state index in [0.717, 1.165) is 41.5 Å². The van der Waals surface area contributed by atoms with Gasteiger partial charge >= 0.3 is 5.97 Å². The molecular weight excluding hydrogens is 380 g/mol. The van der Waals surface area contributed by atoms with Crippen LogP contribution in [0.4, 0.5) is 0 Å². The van der Waals surface area contributed by atoms with Gasteiger partial charge in [0.05, 0.1) is 23.9 Å². The highest BCUT2D eigenvalue weighted by Gasteiger charge is 2.20. The van der Waals surface area contributed by atoms with Gasteiger partial charge in [0.2, 0.25) is 0 Å². The van der Waals surface area contributed by atoms with Crippen LogP contribution in [0.2, 0.25) is 0 Å². The third-order valence-electron chi connectivity index (χ3n) is 5.16. The summed E-state index contributed by atoms with van der Waals surface area (Å²) in [6.45, 7) is 6.70. The van der Waals surface area contributed by atoms with Gasteiger partial charge in [-0.2, -0.15) is 5.10 Å². The van der Waals surface area contributed by atoms with Gasteiger partial charge in [0.25, 0.3) is 5.91 Å². The first-order valence-corrected chi connectivity index (χ1v) is 10.4. The van der Waals surface area contributed by atoms with Gasteiger partial charge < -0.3 is 10.1 Å². The predicted octanol–water partition coefficient (Wildman–Crippen LogP) is 4.04. The second-order valence-corrected chi connectivity index (χ2v) is 7.21. The number of carbonyl (C=O) groups excluding carboxylic acids is 2. The van der Waals surface area contributed by atoms with E-state index in [1.54, 1.807) is 36.0 Å². The molecule has 0 spiro atoms. The Morgan fingerprint density at radius 1 is 1.17 bits per heavy atom. The predicted molar refractivity (Wildman–Crippen MR) is 116 cm³/mol. The van der Waals surface area contributed by atoms with Crippen LogP contribution in [0.1, 0.15) is 59.7 Å². The van der Waals surface area contributed by atoms with E-state index in [4.69, 9.17) is 4.74 Å². The van der Waals surface area contributed by atoms with E-state index in [2.05, 4.69) is 22.3 Å². The first-order valence-electron chi connectivity index (χ1n) is 10.4. The van der Waals surface area contributed by atoms with Crippen molar-refractivity contribution in [1.29, 1.82) is 0 Å². The van der Waals surface area contributed by atoms with Crippen molar-refractivity contribution in [2.24, 2.45) is 7.05 Å². The maximum absolute atomic E-state index is 12.8. The molecule has 158 valence electrons. The lowest BCUT2D eigenvalue weighted by molar-refractivity contribution is 0.0528. The summed E-state index contributed by atoms with van der Waals surface area (Å²) in [5, 5.41) is 8.04. The molecule has 3 aromatic rings. The normalized spacial score (nSPS) is 10.9. The van der Waals surface area contributed by atoms with Crippen LogP contribution in [-0.4, -0.2) is 39.8 Å². The Morgan fingerprint density at radius 2 is 1.97 bits per heavy atom. The lowest BCUT2D eigenvalue weighted by atomic mass is 9.98. The largest absolute Gasteiger partial charge is 0.462 e. The van der Waals surface area contributed by atoms with E-state index < -0.39 is 5.97 Å². The van der Waals surface area contributed by atoms with Gasteiger partial charge in [-0.05, 0) is 38.0 Å². The molecule has 0 unspecified atom stereocenters. The molecule has 1 amide bonds. The number of carbonyl (C=O) groups is 2. The summed E-state index contributed by atoms with van der Waals surface area (Å²) in [5.74, 6) is -0.709. The minimum absolute atomic E-state index is 0.255. The van der Waals surface area contributed by atoms with E-state index in [1.165, 1.54) is 0 Å². The van der Waals surface area contributed by atoms with Crippen LogP contribution < -0.4 is 5.32 Å². The van der Waals surface area contributed by atoms with Crippen LogP contribution >= 0.6 is 0 Å². The average Bonchev–Trinajstić information content (AvgIpc) is 3.08. The number of esters is 1. The Balaban J connectivity index is 2.15. The summed E-state index contributed by atoms with van der Waals surface area (Å²) < 4.78 is 6.98. The van der Waals surface area contributed by atoms with Gasteiger partial charge in [-0.3, -0.25) is 9.48 Å². The zero-order valence-electron chi connectivity index (χ0n) is 18.0. The molecule has 0 fully saturated rings. The minimum Gasteiger partial charge on any atom is -0.462 e. The number of aromatic nitrogens is 3. The summed E-state index contributed by atoms with van der Waals surface area (Å²) in [6.07, 6.45) is 4.82. The van der Waals surface area contributed by atoms with E-state index in [0.29, 0.717) is 17.6 Å². The number of aryl methyl sites for hydroxylation is 1. The van der Waals surface area contributed by atoms with Gasteiger partial charge in [-0.1, -0.05) is 31.9 Å². The molecule has 0 aliphatic carbocycles. The van der Waals surface area contributed by atoms with E-state index >= 15 is 0 Å². The number of unbranched alkanes of at least 4 members (excludes halogenated alkanes) is 2. The molecule has 2 heterocycles. The summed E-state index contributed by atoms with van der Waals surface area (Å²) >= 11 is 0. The molecule has 0 saturated carbocycles. The second-order valence-electron chi connectivity index (χ2n) is 7.21. The average molecular weight is 409 g/mol. The number of amides is 1. The van der Waals surface area contributed by atoms with Gasteiger partial charge in [0.15, 0.2) is 0 Å². The summed E-state index contributed by atoms with van der Waals surface area (Å²) in [6, 6.07) is 7.15. The zero-order chi connectivity index (χ0) is 21.7. The number of pyridine rings is 1. The van der Waals surface area contributed by atoms with Crippen molar-refractivity contribution >= 4 is 22.8 Å². The summed E-state index contributed by atoms with van der Waals surface area (Å²) in [5.41, 5.74) is 3.74. The highest BCUT2D eigenvalue weighted by Crippen LogP contribution is 2.32. The molecule has 1 N–H and O–H groups in total. The molecular formula is C23H28N4O3. The molecule has 0 atom stereocenters. The Kier molecular flexibility index (Phi) is 6.82. The molecule has 0 saturated heterocycles. The van der Waals surface area contributed by atoms with E-state index in [9.17, 15) is 9.59 Å². The number of fused-ring (bicyclic) bond motifs is 1. The second kappa shape index (κ2) is 9.52. The standard InChI is InChI=1S/C23H28N4O3/c1-5-7-8-12-24-22(28)20-13-18(19-14-25-27(4)15(19)3)16-10-9-11-17(21(16)26-20)23(29)30-6-2/h9-11,13-14H,5-8,12H2,1-4H3,(H,24,28). The van der Waals surface area contributed by atoms with Gasteiger partial charge in [-0.15, -0.1) is 0 Å². The van der Waals surface area contributed by atoms with Crippen LogP contribution in [0.15, 0.2) is 30.5 Å². The zero-order valence-corrected chi connectivity index (χ0v) is 18.0. The van der Waals surface area contributed by atoms with Crippen molar-refractivity contribution in [3.8, 4) is 11.1 Å². The van der Waals surface area contributed by atoms with Crippen LogP contribution in [-0.2, 0) is 11.8 Å². The fourth-order valence-electron chi connectivity index (χ4n) is 3.39. The van der Waals surface area contributed by atoms with E-state index in [1.807, 2.05) is 20.0 Å². The Labute approximate surface area is 176 Å². The lowest BCUT2D eigenvalue weighted by Gasteiger charge is -2.12. The number of rotatable bonds is 8. The van der Waals surface area contributed by atoms with Crippen LogP contribution in [0.5, 0.6) is 0 Å². The van der Waals surface area contributed by atoms with Crippen LogP contribution in [0.3, 0.4) is 0 Å². The smallest absolute Gasteiger partial charge is 0.340 e. The molecule has 7 heteroatoms. The van der Waals surface area contributed by atoms with Crippen LogP contribution in [0.25, 0.3) is 22.0 Å². The molecule has 7 nitrogen and oxygen atoms in total. The Morgan fingerprint density at radius 3 is 2.63 bits per heavy atom. The van der Waals surface area contributed by atoms with Gasteiger partial charge in [0, 0.05) is 30.2 Å². The third-order valence-corrected chi connectivity index (χ3v) is 5.16. The minimum atomic E-state index is -0.454. The van der Waals surface area contributed by atoms with Crippen molar-refractivity contribution in [3.05, 3.63) is 47.4 Å². The first-order chi connectivity index (χ1) is 14.5. The van der Waals surface area contributed by atoms with Crippen molar-refractivity contribution in [1.82, 2.24) is 20.1 Å². The monoisotopic (exact) mass is 408 g/mol. The molecule has 30 heavy (non-hydrogen) atoms. The lowest BCUT2D eigenvalue weighted by Crippen LogP contribution is -2.25. The summed E-state index contributed by atoms with van der Waals surface area (Å²) in [4.78, 5) is 29.9. The first kappa shape index (κ1) is 21.5. The number of nitrogens with one attached hydrogen (secondary N) is 1. The van der Waals surface area contributed by atoms with Crippen molar-refractivity contribution in [2.75, 3.05) is 13.2 Å². The number of hydrogen-bond donors (Lipinski definition) is 1. The number of nitrogens with zero attached hydrogens (tertiary/aromatic N) is 3. The highest BCUT2D eigenvalue weighted by molar-refractivity contribution is 6.09. The quantitative estimate of drug-likeness (QED) is 0.449. The molecule has 1 aromatic carbocycles. The number of hydrogen-bond acceptors (Lipinski definition) is 5. The molecule has 0 bridgehead atoms.